The lowest BCUT2D eigenvalue weighted by Crippen LogP contribution is -2.57. The number of nitrogens with zero attached hydrogens (tertiary/aromatic N) is 3. The Labute approximate surface area is 215 Å². The first-order valence-corrected chi connectivity index (χ1v) is 14.0. The molecular formula is C31H49N3O. The van der Waals surface area contributed by atoms with Crippen molar-refractivity contribution in [3.05, 3.63) is 18.0 Å². The molecule has 1 saturated heterocycles. The SMILES string of the molecule is C.C#C.CC.CC12CCC3C4CCCCC4CCC3C1CCC2C1(Cn2cc(C#N)cn2)COC1. The van der Waals surface area contributed by atoms with Gasteiger partial charge in [0, 0.05) is 11.6 Å². The maximum Gasteiger partial charge on any atom is 0.102 e. The number of ether oxygens (including phenoxy) is 1. The molecule has 6 rings (SSSR count). The Hall–Kier alpha value is -1.78. The minimum absolute atomic E-state index is 0. The first-order chi connectivity index (χ1) is 16.6. The highest BCUT2D eigenvalue weighted by atomic mass is 16.5. The third-order valence-corrected chi connectivity index (χ3v) is 10.6. The van der Waals surface area contributed by atoms with Crippen molar-refractivity contribution in [1.82, 2.24) is 9.78 Å². The number of fused-ring (bicyclic) bond motifs is 5. The van der Waals surface area contributed by atoms with Crippen molar-refractivity contribution < 1.29 is 4.74 Å². The summed E-state index contributed by atoms with van der Waals surface area (Å²) in [7, 11) is 0. The summed E-state index contributed by atoms with van der Waals surface area (Å²) < 4.78 is 7.88. The van der Waals surface area contributed by atoms with E-state index in [9.17, 15) is 5.26 Å². The topological polar surface area (TPSA) is 50.8 Å². The van der Waals surface area contributed by atoms with E-state index in [0.29, 0.717) is 11.0 Å². The zero-order valence-electron chi connectivity index (χ0n) is 21.7. The summed E-state index contributed by atoms with van der Waals surface area (Å²) in [6.45, 7) is 9.32. The zero-order chi connectivity index (χ0) is 24.3. The lowest BCUT2D eigenvalue weighted by atomic mass is 9.48. The number of rotatable bonds is 3. The second kappa shape index (κ2) is 11.5. The van der Waals surface area contributed by atoms with E-state index >= 15 is 0 Å². The smallest absolute Gasteiger partial charge is 0.102 e. The van der Waals surface area contributed by atoms with Gasteiger partial charge in [-0.05, 0) is 85.9 Å². The van der Waals surface area contributed by atoms with E-state index in [1.165, 1.54) is 64.2 Å². The number of nitriles is 1. The van der Waals surface area contributed by atoms with Crippen molar-refractivity contribution in [2.45, 2.75) is 99.0 Å². The highest BCUT2D eigenvalue weighted by Gasteiger charge is 2.62. The zero-order valence-corrected chi connectivity index (χ0v) is 21.7. The van der Waals surface area contributed by atoms with Gasteiger partial charge < -0.3 is 4.74 Å². The van der Waals surface area contributed by atoms with E-state index in [-0.39, 0.29) is 12.8 Å². The van der Waals surface area contributed by atoms with Crippen LogP contribution in [0.3, 0.4) is 0 Å². The predicted octanol–water partition coefficient (Wildman–Crippen LogP) is 7.34. The number of hydrogen-bond acceptors (Lipinski definition) is 3. The molecule has 7 unspecified atom stereocenters. The molecule has 4 saturated carbocycles. The van der Waals surface area contributed by atoms with E-state index in [0.717, 1.165) is 55.3 Å². The summed E-state index contributed by atoms with van der Waals surface area (Å²) in [5.74, 6) is 5.79. The molecule has 0 radical (unpaired) electrons. The predicted molar refractivity (Wildman–Crippen MR) is 143 cm³/mol. The molecule has 4 aliphatic carbocycles. The molecule has 5 fully saturated rings. The van der Waals surface area contributed by atoms with Crippen LogP contribution >= 0.6 is 0 Å². The third kappa shape index (κ3) is 4.69. The van der Waals surface area contributed by atoms with Crippen LogP contribution in [-0.4, -0.2) is 23.0 Å². The molecule has 4 nitrogen and oxygen atoms in total. The molecule has 1 aromatic heterocycles. The van der Waals surface area contributed by atoms with Crippen LogP contribution in [0.1, 0.15) is 98.0 Å². The summed E-state index contributed by atoms with van der Waals surface area (Å²) in [4.78, 5) is 0. The average Bonchev–Trinajstić information content (AvgIpc) is 3.47. The summed E-state index contributed by atoms with van der Waals surface area (Å²) in [6, 6.07) is 2.23. The van der Waals surface area contributed by atoms with Gasteiger partial charge in [-0.1, -0.05) is 47.5 Å². The van der Waals surface area contributed by atoms with Gasteiger partial charge in [-0.2, -0.15) is 10.4 Å². The fourth-order valence-corrected chi connectivity index (χ4v) is 9.43. The molecule has 5 aliphatic rings. The lowest BCUT2D eigenvalue weighted by molar-refractivity contribution is -0.190. The number of hydrogen-bond donors (Lipinski definition) is 0. The second-order valence-electron chi connectivity index (χ2n) is 11.8. The van der Waals surface area contributed by atoms with Crippen LogP contribution in [-0.2, 0) is 11.3 Å². The minimum Gasteiger partial charge on any atom is -0.380 e. The number of terminal acetylenes is 1. The summed E-state index contributed by atoms with van der Waals surface area (Å²) in [5.41, 5.74) is 1.36. The van der Waals surface area contributed by atoms with Gasteiger partial charge in [0.25, 0.3) is 0 Å². The summed E-state index contributed by atoms with van der Waals surface area (Å²) >= 11 is 0. The fraction of sp³-hybridized carbons (Fsp3) is 0.806. The standard InChI is InChI=1S/C26H37N3O.C2H6.C2H2.CH4/c1-25-11-10-21-20-5-3-2-4-19(20)6-7-22(21)23(25)8-9-24(25)26(16-30-17-26)15-29-14-18(12-27)13-28-29;2*1-2;/h13-14,19-24H,2-11,15-17H2,1H3;1-2H3;1-2H;1H4. The van der Waals surface area contributed by atoms with Crippen LogP contribution in [0, 0.1) is 70.5 Å². The van der Waals surface area contributed by atoms with Crippen molar-refractivity contribution in [3.63, 3.8) is 0 Å². The first-order valence-electron chi connectivity index (χ1n) is 14.0. The minimum atomic E-state index is 0. The maximum atomic E-state index is 9.19. The van der Waals surface area contributed by atoms with Gasteiger partial charge >= 0.3 is 0 Å². The molecular weight excluding hydrogens is 430 g/mol. The first kappa shape index (κ1) is 27.8. The Morgan fingerprint density at radius 3 is 2.43 bits per heavy atom. The van der Waals surface area contributed by atoms with Crippen LogP contribution in [0.2, 0.25) is 0 Å². The molecule has 2 heterocycles. The maximum absolute atomic E-state index is 9.19. The quantitative estimate of drug-likeness (QED) is 0.426. The monoisotopic (exact) mass is 479 g/mol. The molecule has 1 aliphatic heterocycles. The molecule has 35 heavy (non-hydrogen) atoms. The molecule has 194 valence electrons. The molecule has 0 spiro atoms. The van der Waals surface area contributed by atoms with Crippen LogP contribution in [0.25, 0.3) is 0 Å². The van der Waals surface area contributed by atoms with Crippen LogP contribution < -0.4 is 0 Å². The van der Waals surface area contributed by atoms with Crippen molar-refractivity contribution in [3.8, 4) is 18.9 Å². The number of aromatic nitrogens is 2. The van der Waals surface area contributed by atoms with Crippen LogP contribution in [0.5, 0.6) is 0 Å². The fourth-order valence-electron chi connectivity index (χ4n) is 9.43. The van der Waals surface area contributed by atoms with E-state index < -0.39 is 0 Å². The van der Waals surface area contributed by atoms with E-state index in [4.69, 9.17) is 4.74 Å². The van der Waals surface area contributed by atoms with Crippen molar-refractivity contribution in [1.29, 1.82) is 5.26 Å². The Bertz CT molecular complexity index is 877. The van der Waals surface area contributed by atoms with Gasteiger partial charge in [-0.15, -0.1) is 12.8 Å². The van der Waals surface area contributed by atoms with Gasteiger partial charge in [0.2, 0.25) is 0 Å². The van der Waals surface area contributed by atoms with Gasteiger partial charge in [0.05, 0.1) is 31.5 Å². The highest BCUT2D eigenvalue weighted by Crippen LogP contribution is 2.67. The van der Waals surface area contributed by atoms with E-state index in [1.807, 2.05) is 24.7 Å². The largest absolute Gasteiger partial charge is 0.380 e. The third-order valence-electron chi connectivity index (χ3n) is 10.6. The molecule has 0 aromatic carbocycles. The Kier molecular flexibility index (Phi) is 9.15. The van der Waals surface area contributed by atoms with Gasteiger partial charge in [-0.3, -0.25) is 4.68 Å². The second-order valence-corrected chi connectivity index (χ2v) is 11.8. The summed E-state index contributed by atoms with van der Waals surface area (Å²) in [6.07, 6.45) is 26.4. The van der Waals surface area contributed by atoms with Crippen LogP contribution in [0.4, 0.5) is 0 Å². The molecule has 1 aromatic rings. The molecule has 4 heteroatoms. The van der Waals surface area contributed by atoms with Crippen molar-refractivity contribution in [2.24, 2.45) is 46.3 Å². The van der Waals surface area contributed by atoms with Gasteiger partial charge in [0.1, 0.15) is 6.07 Å². The van der Waals surface area contributed by atoms with Gasteiger partial charge in [-0.25, -0.2) is 0 Å². The molecule has 0 amide bonds. The molecule has 0 bridgehead atoms. The Morgan fingerprint density at radius 2 is 1.77 bits per heavy atom. The van der Waals surface area contributed by atoms with Crippen molar-refractivity contribution >= 4 is 0 Å². The molecule has 7 atom stereocenters. The Balaban J connectivity index is 0.000000653. The van der Waals surface area contributed by atoms with Crippen molar-refractivity contribution in [2.75, 3.05) is 13.2 Å². The highest BCUT2D eigenvalue weighted by molar-refractivity contribution is 5.22. The molecule has 0 N–H and O–H groups in total. The lowest BCUT2D eigenvalue weighted by Gasteiger charge is -2.59. The average molecular weight is 480 g/mol. The summed E-state index contributed by atoms with van der Waals surface area (Å²) in [5, 5.41) is 13.7. The Morgan fingerprint density at radius 1 is 1.03 bits per heavy atom. The van der Waals surface area contributed by atoms with E-state index in [1.54, 1.807) is 6.20 Å². The van der Waals surface area contributed by atoms with Gasteiger partial charge in [0.15, 0.2) is 0 Å². The van der Waals surface area contributed by atoms with E-state index in [2.05, 4.69) is 30.9 Å². The van der Waals surface area contributed by atoms with Crippen LogP contribution in [0.15, 0.2) is 12.4 Å². The normalized spacial score (nSPS) is 38.2.